The summed E-state index contributed by atoms with van der Waals surface area (Å²) in [6, 6.07) is 27.2. The highest BCUT2D eigenvalue weighted by Gasteiger charge is 2.37. The number of sulfonamides is 2. The van der Waals surface area contributed by atoms with Gasteiger partial charge in [-0.3, -0.25) is 4.79 Å². The van der Waals surface area contributed by atoms with Gasteiger partial charge in [0, 0.05) is 5.41 Å². The smallest absolute Gasteiger partial charge is 0.256 e. The van der Waals surface area contributed by atoms with Crippen LogP contribution in [0, 0.1) is 5.41 Å². The number of nitrogens with zero attached hydrogens (tertiary/aromatic N) is 1. The van der Waals surface area contributed by atoms with E-state index in [4.69, 9.17) is 4.74 Å². The molecule has 4 aromatic rings. The van der Waals surface area contributed by atoms with Crippen molar-refractivity contribution in [2.24, 2.45) is 5.41 Å². The number of carbonyl (C=O) groups is 1. The van der Waals surface area contributed by atoms with Gasteiger partial charge in [-0.1, -0.05) is 91.2 Å². The Morgan fingerprint density at radius 1 is 0.756 bits per heavy atom. The van der Waals surface area contributed by atoms with E-state index in [0.717, 1.165) is 0 Å². The van der Waals surface area contributed by atoms with Crippen molar-refractivity contribution in [1.82, 2.24) is 3.71 Å². The Morgan fingerprint density at radius 2 is 1.22 bits per heavy atom. The molecule has 0 fully saturated rings. The molecule has 0 unspecified atom stereocenters. The molecule has 0 bridgehead atoms. The summed E-state index contributed by atoms with van der Waals surface area (Å²) in [6.07, 6.45) is 0. The van der Waals surface area contributed by atoms with Gasteiger partial charge in [-0.15, -0.1) is 0 Å². The van der Waals surface area contributed by atoms with Gasteiger partial charge in [0.2, 0.25) is 5.91 Å². The Bertz CT molecular complexity index is 1670. The van der Waals surface area contributed by atoms with Gasteiger partial charge in [0.05, 0.1) is 29.1 Å². The Kier molecular flexibility index (Phi) is 8.67. The van der Waals surface area contributed by atoms with Gasteiger partial charge in [-0.25, -0.2) is 16.8 Å². The molecule has 0 radical (unpaired) electrons. The van der Waals surface area contributed by atoms with E-state index >= 15 is 0 Å². The fraction of sp³-hybridized carbons (Fsp3) is 0.194. The standard InChI is InChI=1S/C31H32N2O6S2/c1-31(2,3)30(34)32-28-21-27(23-14-8-5-9-15-23)24(20-29(28)39-4)22-33(40(35,36)25-16-10-6-11-17-25)41(37,38)26-18-12-7-13-19-26/h5-21H,22H2,1-4H3,(H,32,34). The number of amides is 1. The van der Waals surface area contributed by atoms with Crippen molar-refractivity contribution in [2.75, 3.05) is 12.4 Å². The Hall–Kier alpha value is -3.99. The second kappa shape index (κ2) is 11.9. The van der Waals surface area contributed by atoms with E-state index in [9.17, 15) is 21.6 Å². The minimum absolute atomic E-state index is 0.165. The van der Waals surface area contributed by atoms with E-state index < -0.39 is 32.0 Å². The fourth-order valence-electron chi connectivity index (χ4n) is 4.07. The lowest BCUT2D eigenvalue weighted by Crippen LogP contribution is -2.36. The summed E-state index contributed by atoms with van der Waals surface area (Å²) in [5.74, 6) is 0.00829. The third kappa shape index (κ3) is 6.51. The van der Waals surface area contributed by atoms with Crippen LogP contribution in [0.15, 0.2) is 113 Å². The summed E-state index contributed by atoms with van der Waals surface area (Å²) in [6.45, 7) is 4.81. The summed E-state index contributed by atoms with van der Waals surface area (Å²) in [7, 11) is -7.65. The molecule has 0 spiro atoms. The van der Waals surface area contributed by atoms with Crippen LogP contribution in [0.5, 0.6) is 5.75 Å². The molecule has 0 aromatic heterocycles. The highest BCUT2D eigenvalue weighted by Crippen LogP contribution is 2.38. The summed E-state index contributed by atoms with van der Waals surface area (Å²) in [5.41, 5.74) is 1.28. The molecule has 4 rings (SSSR count). The minimum atomic E-state index is -4.54. The van der Waals surface area contributed by atoms with Crippen molar-refractivity contribution < 1.29 is 26.4 Å². The molecule has 4 aromatic carbocycles. The van der Waals surface area contributed by atoms with Crippen LogP contribution in [-0.4, -0.2) is 33.6 Å². The number of anilines is 1. The fourth-order valence-corrected chi connectivity index (χ4v) is 7.71. The van der Waals surface area contributed by atoms with Gasteiger partial charge in [0.15, 0.2) is 0 Å². The number of methoxy groups -OCH3 is 1. The molecular weight excluding hydrogens is 560 g/mol. The monoisotopic (exact) mass is 592 g/mol. The highest BCUT2D eigenvalue weighted by molar-refractivity contribution is 8.04. The molecule has 1 N–H and O–H groups in total. The van der Waals surface area contributed by atoms with E-state index in [1.165, 1.54) is 55.6 Å². The zero-order valence-electron chi connectivity index (χ0n) is 23.2. The number of carbonyl (C=O) groups excluding carboxylic acids is 1. The number of hydrogen-bond acceptors (Lipinski definition) is 6. The largest absolute Gasteiger partial charge is 0.495 e. The van der Waals surface area contributed by atoms with Crippen LogP contribution in [0.1, 0.15) is 26.3 Å². The van der Waals surface area contributed by atoms with Crippen molar-refractivity contribution in [3.05, 3.63) is 109 Å². The molecule has 10 heteroatoms. The molecule has 214 valence electrons. The van der Waals surface area contributed by atoms with E-state index in [1.54, 1.807) is 45.0 Å². The molecule has 0 aliphatic heterocycles. The van der Waals surface area contributed by atoms with Crippen molar-refractivity contribution in [3.8, 4) is 16.9 Å². The molecule has 0 heterocycles. The van der Waals surface area contributed by atoms with Crippen LogP contribution in [0.25, 0.3) is 11.1 Å². The van der Waals surface area contributed by atoms with Crippen LogP contribution >= 0.6 is 0 Å². The molecule has 41 heavy (non-hydrogen) atoms. The lowest BCUT2D eigenvalue weighted by atomic mass is 9.94. The van der Waals surface area contributed by atoms with Crippen molar-refractivity contribution in [3.63, 3.8) is 0 Å². The topological polar surface area (TPSA) is 110 Å². The number of ether oxygens (including phenoxy) is 1. The Balaban J connectivity index is 1.94. The summed E-state index contributed by atoms with van der Waals surface area (Å²) in [5, 5.41) is 2.89. The highest BCUT2D eigenvalue weighted by atomic mass is 32.3. The third-order valence-electron chi connectivity index (χ3n) is 6.36. The molecule has 0 saturated heterocycles. The molecular formula is C31H32N2O6S2. The lowest BCUT2D eigenvalue weighted by molar-refractivity contribution is -0.123. The van der Waals surface area contributed by atoms with Crippen molar-refractivity contribution in [2.45, 2.75) is 37.1 Å². The third-order valence-corrected chi connectivity index (χ3v) is 10.6. The number of hydrogen-bond donors (Lipinski definition) is 1. The average Bonchev–Trinajstić information content (AvgIpc) is 2.96. The number of nitrogens with one attached hydrogen (secondary N) is 1. The second-order valence-electron chi connectivity index (χ2n) is 10.3. The molecule has 1 amide bonds. The predicted octanol–water partition coefficient (Wildman–Crippen LogP) is 5.93. The lowest BCUT2D eigenvalue weighted by Gasteiger charge is -2.25. The van der Waals surface area contributed by atoms with E-state index in [0.29, 0.717) is 26.1 Å². The maximum absolute atomic E-state index is 13.9. The molecule has 0 aliphatic rings. The number of benzene rings is 4. The SMILES string of the molecule is COc1cc(CN(S(=O)(=O)c2ccccc2)S(=O)(=O)c2ccccc2)c(-c2ccccc2)cc1NC(=O)C(C)(C)C. The maximum atomic E-state index is 13.9. The summed E-state index contributed by atoms with van der Waals surface area (Å²) in [4.78, 5) is 12.5. The predicted molar refractivity (Wildman–Crippen MR) is 159 cm³/mol. The quantitative estimate of drug-likeness (QED) is 0.258. The second-order valence-corrected chi connectivity index (χ2v) is 14.3. The zero-order chi connectivity index (χ0) is 29.8. The molecule has 8 nitrogen and oxygen atoms in total. The van der Waals surface area contributed by atoms with Crippen LogP contribution in [-0.2, 0) is 31.4 Å². The molecule has 0 atom stereocenters. The first-order valence-corrected chi connectivity index (χ1v) is 15.7. The Morgan fingerprint density at radius 3 is 1.66 bits per heavy atom. The van der Waals surface area contributed by atoms with E-state index in [2.05, 4.69) is 5.32 Å². The van der Waals surface area contributed by atoms with Gasteiger partial charge in [-0.05, 0) is 53.1 Å². The first-order valence-electron chi connectivity index (χ1n) is 12.8. The van der Waals surface area contributed by atoms with Crippen molar-refractivity contribution in [1.29, 1.82) is 0 Å². The first-order chi connectivity index (χ1) is 19.4. The van der Waals surface area contributed by atoms with Gasteiger partial charge >= 0.3 is 0 Å². The molecule has 0 aliphatic carbocycles. The normalized spacial score (nSPS) is 12.2. The van der Waals surface area contributed by atoms with Crippen LogP contribution in [0.4, 0.5) is 5.69 Å². The molecule has 0 saturated carbocycles. The zero-order valence-corrected chi connectivity index (χ0v) is 24.9. The van der Waals surface area contributed by atoms with Gasteiger partial charge in [0.1, 0.15) is 5.75 Å². The number of rotatable bonds is 9. The van der Waals surface area contributed by atoms with E-state index in [1.807, 2.05) is 30.3 Å². The van der Waals surface area contributed by atoms with E-state index in [-0.39, 0.29) is 21.4 Å². The maximum Gasteiger partial charge on any atom is 0.256 e. The van der Waals surface area contributed by atoms with Crippen molar-refractivity contribution >= 4 is 31.6 Å². The van der Waals surface area contributed by atoms with Crippen LogP contribution in [0.3, 0.4) is 0 Å². The van der Waals surface area contributed by atoms with Crippen LogP contribution in [0.2, 0.25) is 0 Å². The van der Waals surface area contributed by atoms with Gasteiger partial charge in [-0.2, -0.15) is 0 Å². The van der Waals surface area contributed by atoms with Gasteiger partial charge < -0.3 is 10.1 Å². The summed E-state index contributed by atoms with van der Waals surface area (Å²) >= 11 is 0. The minimum Gasteiger partial charge on any atom is -0.495 e. The van der Waals surface area contributed by atoms with Crippen LogP contribution < -0.4 is 10.1 Å². The average molecular weight is 593 g/mol. The summed E-state index contributed by atoms with van der Waals surface area (Å²) < 4.78 is 61.9. The Labute approximate surface area is 241 Å². The first kappa shape index (κ1) is 30.0. The van der Waals surface area contributed by atoms with Gasteiger partial charge in [0.25, 0.3) is 20.0 Å².